The van der Waals surface area contributed by atoms with Gasteiger partial charge in [-0.25, -0.2) is 0 Å². The summed E-state index contributed by atoms with van der Waals surface area (Å²) in [5.41, 5.74) is 6.91. The molecule has 1 aromatic rings. The van der Waals surface area contributed by atoms with E-state index in [1.165, 1.54) is 0 Å². The van der Waals surface area contributed by atoms with Crippen LogP contribution in [0.25, 0.3) is 6.08 Å². The summed E-state index contributed by atoms with van der Waals surface area (Å²) in [7, 11) is 0. The minimum absolute atomic E-state index is 0.0219. The second-order valence-electron chi connectivity index (χ2n) is 2.87. The number of fused-ring (bicyclic) bond motifs is 1. The Kier molecular flexibility index (Phi) is 2.02. The van der Waals surface area contributed by atoms with Gasteiger partial charge in [0.25, 0.3) is 0 Å². The third-order valence-electron chi connectivity index (χ3n) is 1.90. The molecule has 1 heterocycles. The normalized spacial score (nSPS) is 12.9. The number of rotatable bonds is 1. The number of hydrogen-bond donors (Lipinski definition) is 2. The van der Waals surface area contributed by atoms with Crippen molar-refractivity contribution in [2.45, 2.75) is 0 Å². The number of benzene rings is 1. The van der Waals surface area contributed by atoms with Crippen LogP contribution in [0.2, 0.25) is 0 Å². The Morgan fingerprint density at radius 1 is 1.43 bits per heavy atom. The van der Waals surface area contributed by atoms with Gasteiger partial charge in [0.15, 0.2) is 5.75 Å². The Morgan fingerprint density at radius 3 is 3.07 bits per heavy atom. The zero-order valence-corrected chi connectivity index (χ0v) is 7.40. The molecule has 0 amide bonds. The quantitative estimate of drug-likeness (QED) is 0.514. The predicted molar refractivity (Wildman–Crippen MR) is 55.6 cm³/mol. The van der Waals surface area contributed by atoms with E-state index in [-0.39, 0.29) is 5.84 Å². The predicted octanol–water partition coefficient (Wildman–Crippen LogP) is 1.36. The number of nitrogen functional groups attached to an aromatic ring is 1. The smallest absolute Gasteiger partial charge is 0.165 e. The first-order chi connectivity index (χ1) is 6.77. The lowest BCUT2D eigenvalue weighted by Crippen LogP contribution is -2.10. The number of allylic oxidation sites excluding steroid dienone is 1. The highest BCUT2D eigenvalue weighted by atomic mass is 16.6. The molecule has 2 rings (SSSR count). The molecule has 0 unspecified atom stereocenters. The van der Waals surface area contributed by atoms with Crippen molar-refractivity contribution in [3.05, 3.63) is 35.4 Å². The molecule has 0 fully saturated rings. The lowest BCUT2D eigenvalue weighted by molar-refractivity contribution is 0.344. The molecular formula is C10H9N3O. The third kappa shape index (κ3) is 1.50. The third-order valence-corrected chi connectivity index (χ3v) is 1.90. The summed E-state index contributed by atoms with van der Waals surface area (Å²) >= 11 is 0. The maximum atomic E-state index is 7.27. The number of nitrogens with one attached hydrogen (secondary N) is 1. The Morgan fingerprint density at radius 2 is 2.29 bits per heavy atom. The van der Waals surface area contributed by atoms with Crippen LogP contribution < -0.4 is 10.6 Å². The number of nitrogens with zero attached hydrogens (tertiary/aromatic N) is 1. The highest BCUT2D eigenvalue weighted by Gasteiger charge is 2.06. The molecule has 1 aliphatic heterocycles. The van der Waals surface area contributed by atoms with Gasteiger partial charge < -0.3 is 10.6 Å². The van der Waals surface area contributed by atoms with E-state index in [1.807, 2.05) is 12.1 Å². The van der Waals surface area contributed by atoms with Crippen molar-refractivity contribution in [2.75, 3.05) is 0 Å². The fourth-order valence-corrected chi connectivity index (χ4v) is 1.19. The molecule has 1 aliphatic rings. The maximum Gasteiger partial charge on any atom is 0.165 e. The van der Waals surface area contributed by atoms with Gasteiger partial charge in [-0.2, -0.15) is 0 Å². The van der Waals surface area contributed by atoms with E-state index in [2.05, 4.69) is 5.16 Å². The van der Waals surface area contributed by atoms with Gasteiger partial charge in [0.2, 0.25) is 0 Å². The second-order valence-corrected chi connectivity index (χ2v) is 2.87. The fourth-order valence-electron chi connectivity index (χ4n) is 1.19. The van der Waals surface area contributed by atoms with Crippen LogP contribution in [0.5, 0.6) is 5.75 Å². The van der Waals surface area contributed by atoms with Crippen molar-refractivity contribution in [3.63, 3.8) is 0 Å². The van der Waals surface area contributed by atoms with E-state index >= 15 is 0 Å². The van der Waals surface area contributed by atoms with E-state index in [0.29, 0.717) is 11.3 Å². The molecule has 70 valence electrons. The van der Waals surface area contributed by atoms with Crippen LogP contribution >= 0.6 is 0 Å². The maximum absolute atomic E-state index is 7.27. The van der Waals surface area contributed by atoms with Gasteiger partial charge in [-0.3, -0.25) is 5.41 Å². The van der Waals surface area contributed by atoms with E-state index in [9.17, 15) is 0 Å². The van der Waals surface area contributed by atoms with Crippen molar-refractivity contribution in [1.82, 2.24) is 0 Å². The summed E-state index contributed by atoms with van der Waals surface area (Å²) in [6.07, 6.45) is 5.24. The topological polar surface area (TPSA) is 71.5 Å². The summed E-state index contributed by atoms with van der Waals surface area (Å²) < 4.78 is 0. The molecule has 4 nitrogen and oxygen atoms in total. The summed E-state index contributed by atoms with van der Waals surface area (Å²) in [6.45, 7) is 0. The van der Waals surface area contributed by atoms with E-state index < -0.39 is 0 Å². The molecule has 0 bridgehead atoms. The van der Waals surface area contributed by atoms with Crippen LogP contribution in [-0.2, 0) is 0 Å². The van der Waals surface area contributed by atoms with Gasteiger partial charge in [0.05, 0.1) is 6.21 Å². The molecule has 0 aliphatic carbocycles. The summed E-state index contributed by atoms with van der Waals surface area (Å²) in [6, 6.07) is 5.32. The van der Waals surface area contributed by atoms with Gasteiger partial charge >= 0.3 is 0 Å². The van der Waals surface area contributed by atoms with Gasteiger partial charge in [-0.1, -0.05) is 17.3 Å². The Labute approximate surface area is 81.2 Å². The van der Waals surface area contributed by atoms with Crippen LogP contribution in [0.4, 0.5) is 0 Å². The standard InChI is InChI=1S/C10H9N3O/c11-10(12)8-4-3-7-2-1-5-13-14-9(7)6-8/h1-6H,(H3,11,12). The van der Waals surface area contributed by atoms with Crippen molar-refractivity contribution in [3.8, 4) is 5.75 Å². The largest absolute Gasteiger partial charge is 0.384 e. The Bertz CT molecular complexity index is 435. The number of amidine groups is 1. The first-order valence-corrected chi connectivity index (χ1v) is 4.13. The van der Waals surface area contributed by atoms with Crippen molar-refractivity contribution >= 4 is 18.1 Å². The van der Waals surface area contributed by atoms with E-state index in [4.69, 9.17) is 16.0 Å². The van der Waals surface area contributed by atoms with Gasteiger partial charge in [0.1, 0.15) is 5.84 Å². The Hall–Kier alpha value is -2.10. The molecule has 14 heavy (non-hydrogen) atoms. The fraction of sp³-hybridized carbons (Fsp3) is 0. The van der Waals surface area contributed by atoms with Crippen molar-refractivity contribution in [2.24, 2.45) is 10.9 Å². The first kappa shape index (κ1) is 8.50. The zero-order valence-electron chi connectivity index (χ0n) is 7.40. The lowest BCUT2D eigenvalue weighted by atomic mass is 10.1. The highest BCUT2D eigenvalue weighted by Crippen LogP contribution is 2.23. The van der Waals surface area contributed by atoms with Gasteiger partial charge in [-0.05, 0) is 18.2 Å². The molecule has 0 saturated carbocycles. The SMILES string of the molecule is N=C(N)c1ccc2c(c1)ON=CC=C2. The van der Waals surface area contributed by atoms with E-state index in [1.54, 1.807) is 24.4 Å². The molecule has 3 N–H and O–H groups in total. The molecule has 0 radical (unpaired) electrons. The average Bonchev–Trinajstić information content (AvgIpc) is 2.41. The molecule has 0 spiro atoms. The molecule has 1 aromatic carbocycles. The molecular weight excluding hydrogens is 178 g/mol. The summed E-state index contributed by atoms with van der Waals surface area (Å²) in [4.78, 5) is 5.09. The van der Waals surface area contributed by atoms with Gasteiger partial charge in [-0.15, -0.1) is 0 Å². The summed E-state index contributed by atoms with van der Waals surface area (Å²) in [5.74, 6) is 0.635. The number of hydrogen-bond acceptors (Lipinski definition) is 3. The minimum Gasteiger partial charge on any atom is -0.384 e. The zero-order chi connectivity index (χ0) is 9.97. The van der Waals surface area contributed by atoms with Crippen LogP contribution in [-0.4, -0.2) is 12.1 Å². The number of nitrogens with two attached hydrogens (primary N) is 1. The molecule has 0 aromatic heterocycles. The van der Waals surface area contributed by atoms with Gasteiger partial charge in [0, 0.05) is 11.1 Å². The highest BCUT2D eigenvalue weighted by molar-refractivity contribution is 5.96. The molecule has 0 atom stereocenters. The van der Waals surface area contributed by atoms with E-state index in [0.717, 1.165) is 5.56 Å². The van der Waals surface area contributed by atoms with Crippen molar-refractivity contribution < 1.29 is 4.84 Å². The lowest BCUT2D eigenvalue weighted by Gasteiger charge is -2.04. The van der Waals surface area contributed by atoms with Crippen LogP contribution in [0.3, 0.4) is 0 Å². The summed E-state index contributed by atoms with van der Waals surface area (Å²) in [5, 5.41) is 11.0. The number of oxime groups is 1. The first-order valence-electron chi connectivity index (χ1n) is 4.13. The molecule has 0 saturated heterocycles. The van der Waals surface area contributed by atoms with Crippen LogP contribution in [0.15, 0.2) is 29.4 Å². The van der Waals surface area contributed by atoms with Crippen LogP contribution in [0, 0.1) is 5.41 Å². The molecule has 4 heteroatoms. The second kappa shape index (κ2) is 3.33. The average molecular weight is 187 g/mol. The Balaban J connectivity index is 2.49. The van der Waals surface area contributed by atoms with Crippen LogP contribution in [0.1, 0.15) is 11.1 Å². The monoisotopic (exact) mass is 187 g/mol. The minimum atomic E-state index is 0.0219. The van der Waals surface area contributed by atoms with Crippen molar-refractivity contribution in [1.29, 1.82) is 5.41 Å².